The first-order chi connectivity index (χ1) is 16.5. The van der Waals surface area contributed by atoms with Crippen LogP contribution in [0.1, 0.15) is 12.8 Å². The standard InChI is InChI=1S/C27H28F2N4O/c28-21-6-10-23(11-7-21)32(24-12-8-22(29)9-13-24)19-18-31-16-14-27(15-17-31)26(34)30-20-33(27)25-4-2-1-3-5-25/h1-13H,14-20H2,(H,30,34). The van der Waals surface area contributed by atoms with E-state index < -0.39 is 5.54 Å². The lowest BCUT2D eigenvalue weighted by atomic mass is 9.85. The van der Waals surface area contributed by atoms with Crippen LogP contribution < -0.4 is 15.1 Å². The average Bonchev–Trinajstić information content (AvgIpc) is 3.18. The number of benzene rings is 3. The predicted molar refractivity (Wildman–Crippen MR) is 130 cm³/mol. The Morgan fingerprint density at radius 1 is 0.824 bits per heavy atom. The van der Waals surface area contributed by atoms with Gasteiger partial charge in [0.25, 0.3) is 0 Å². The molecule has 1 amide bonds. The maximum Gasteiger partial charge on any atom is 0.247 e. The fraction of sp³-hybridized carbons (Fsp3) is 0.296. The third-order valence-corrected chi connectivity index (χ3v) is 7.00. The number of piperidine rings is 1. The van der Waals surface area contributed by atoms with Crippen molar-refractivity contribution in [2.75, 3.05) is 42.6 Å². The van der Waals surface area contributed by atoms with E-state index in [1.165, 1.54) is 24.3 Å². The Labute approximate surface area is 198 Å². The zero-order valence-electron chi connectivity index (χ0n) is 19.0. The van der Waals surface area contributed by atoms with Crippen molar-refractivity contribution >= 4 is 23.0 Å². The number of nitrogens with zero attached hydrogens (tertiary/aromatic N) is 3. The third-order valence-electron chi connectivity index (χ3n) is 7.00. The van der Waals surface area contributed by atoms with Crippen molar-refractivity contribution in [1.29, 1.82) is 0 Å². The molecule has 7 heteroatoms. The monoisotopic (exact) mass is 462 g/mol. The second-order valence-electron chi connectivity index (χ2n) is 8.91. The van der Waals surface area contributed by atoms with Gasteiger partial charge in [-0.15, -0.1) is 0 Å². The number of nitrogens with one attached hydrogen (secondary N) is 1. The van der Waals surface area contributed by atoms with Crippen molar-refractivity contribution < 1.29 is 13.6 Å². The minimum Gasteiger partial charge on any atom is -0.340 e. The van der Waals surface area contributed by atoms with Crippen molar-refractivity contribution in [1.82, 2.24) is 10.2 Å². The zero-order chi connectivity index (χ0) is 23.5. The molecular weight excluding hydrogens is 434 g/mol. The molecule has 34 heavy (non-hydrogen) atoms. The van der Waals surface area contributed by atoms with Gasteiger partial charge in [-0.3, -0.25) is 4.79 Å². The maximum atomic E-state index is 13.5. The van der Waals surface area contributed by atoms with Crippen LogP contribution in [-0.2, 0) is 4.79 Å². The Hall–Kier alpha value is -3.45. The molecule has 176 valence electrons. The smallest absolute Gasteiger partial charge is 0.247 e. The van der Waals surface area contributed by atoms with E-state index in [-0.39, 0.29) is 17.5 Å². The van der Waals surface area contributed by atoms with Crippen LogP contribution in [0.3, 0.4) is 0 Å². The van der Waals surface area contributed by atoms with Gasteiger partial charge in [0.1, 0.15) is 17.2 Å². The van der Waals surface area contributed by atoms with E-state index in [1.807, 2.05) is 18.2 Å². The molecule has 1 spiro atoms. The molecule has 2 heterocycles. The number of likely N-dealkylation sites (tertiary alicyclic amines) is 1. The largest absolute Gasteiger partial charge is 0.340 e. The van der Waals surface area contributed by atoms with Crippen molar-refractivity contribution in [2.24, 2.45) is 0 Å². The van der Waals surface area contributed by atoms with Gasteiger partial charge in [-0.2, -0.15) is 0 Å². The van der Waals surface area contributed by atoms with Crippen LogP contribution in [0.4, 0.5) is 25.8 Å². The van der Waals surface area contributed by atoms with Crippen LogP contribution in [0.25, 0.3) is 0 Å². The SMILES string of the molecule is O=C1NCN(c2ccccc2)C12CCN(CCN(c1ccc(F)cc1)c1ccc(F)cc1)CC2. The van der Waals surface area contributed by atoms with Crippen molar-refractivity contribution in [3.8, 4) is 0 Å². The van der Waals surface area contributed by atoms with Gasteiger partial charge < -0.3 is 20.0 Å². The summed E-state index contributed by atoms with van der Waals surface area (Å²) in [5.41, 5.74) is 2.26. The van der Waals surface area contributed by atoms with E-state index in [2.05, 4.69) is 32.1 Å². The minimum atomic E-state index is -0.508. The summed E-state index contributed by atoms with van der Waals surface area (Å²) in [6.45, 7) is 3.58. The van der Waals surface area contributed by atoms with E-state index in [1.54, 1.807) is 24.3 Å². The quantitative estimate of drug-likeness (QED) is 0.584. The van der Waals surface area contributed by atoms with Gasteiger partial charge in [0, 0.05) is 43.2 Å². The van der Waals surface area contributed by atoms with Gasteiger partial charge in [0.15, 0.2) is 0 Å². The maximum absolute atomic E-state index is 13.5. The van der Waals surface area contributed by atoms with Crippen LogP contribution >= 0.6 is 0 Å². The Morgan fingerprint density at radius 2 is 1.38 bits per heavy atom. The first-order valence-corrected chi connectivity index (χ1v) is 11.7. The van der Waals surface area contributed by atoms with E-state index in [0.717, 1.165) is 49.5 Å². The van der Waals surface area contributed by atoms with E-state index in [0.29, 0.717) is 13.2 Å². The van der Waals surface area contributed by atoms with Crippen LogP contribution in [0, 0.1) is 11.6 Å². The molecule has 3 aromatic carbocycles. The summed E-state index contributed by atoms with van der Waals surface area (Å²) in [4.78, 5) is 19.5. The number of carbonyl (C=O) groups excluding carboxylic acids is 1. The summed E-state index contributed by atoms with van der Waals surface area (Å²) < 4.78 is 27.0. The highest BCUT2D eigenvalue weighted by Gasteiger charge is 2.50. The average molecular weight is 463 g/mol. The molecule has 0 atom stereocenters. The second-order valence-corrected chi connectivity index (χ2v) is 8.91. The first kappa shape index (κ1) is 22.3. The number of hydrogen-bond donors (Lipinski definition) is 1. The summed E-state index contributed by atoms with van der Waals surface area (Å²) in [7, 11) is 0. The molecule has 0 bridgehead atoms. The van der Waals surface area contributed by atoms with Crippen molar-refractivity contribution in [3.63, 3.8) is 0 Å². The Balaban J connectivity index is 1.28. The van der Waals surface area contributed by atoms with E-state index in [9.17, 15) is 13.6 Å². The number of carbonyl (C=O) groups is 1. The van der Waals surface area contributed by atoms with Gasteiger partial charge in [-0.1, -0.05) is 18.2 Å². The summed E-state index contributed by atoms with van der Waals surface area (Å²) in [6, 6.07) is 22.8. The highest BCUT2D eigenvalue weighted by molar-refractivity contribution is 5.93. The fourth-order valence-corrected chi connectivity index (χ4v) is 5.07. The molecule has 1 N–H and O–H groups in total. The third kappa shape index (κ3) is 4.35. The number of para-hydroxylation sites is 1. The normalized spacial score (nSPS) is 17.7. The molecule has 5 nitrogen and oxygen atoms in total. The second kappa shape index (κ2) is 9.43. The minimum absolute atomic E-state index is 0.107. The molecule has 3 aromatic rings. The lowest BCUT2D eigenvalue weighted by Gasteiger charge is -2.43. The Kier molecular flexibility index (Phi) is 6.20. The number of rotatable bonds is 6. The van der Waals surface area contributed by atoms with Gasteiger partial charge in [-0.25, -0.2) is 8.78 Å². The molecule has 2 fully saturated rings. The highest BCUT2D eigenvalue weighted by Crippen LogP contribution is 2.36. The highest BCUT2D eigenvalue weighted by atomic mass is 19.1. The molecule has 2 saturated heterocycles. The summed E-state index contributed by atoms with van der Waals surface area (Å²) >= 11 is 0. The molecule has 2 aliphatic heterocycles. The van der Waals surface area contributed by atoms with Gasteiger partial charge in [0.05, 0.1) is 6.67 Å². The zero-order valence-corrected chi connectivity index (χ0v) is 19.0. The molecule has 0 saturated carbocycles. The van der Waals surface area contributed by atoms with Gasteiger partial charge >= 0.3 is 0 Å². The number of amides is 1. The summed E-state index contributed by atoms with van der Waals surface area (Å²) in [6.07, 6.45) is 1.50. The molecule has 0 radical (unpaired) electrons. The first-order valence-electron chi connectivity index (χ1n) is 11.7. The molecule has 0 unspecified atom stereocenters. The van der Waals surface area contributed by atoms with Gasteiger partial charge in [0.2, 0.25) is 5.91 Å². The molecule has 2 aliphatic rings. The number of anilines is 3. The van der Waals surface area contributed by atoms with Crippen LogP contribution in [-0.4, -0.2) is 49.2 Å². The predicted octanol–water partition coefficient (Wildman–Crippen LogP) is 4.53. The molecular formula is C27H28F2N4O. The lowest BCUT2D eigenvalue weighted by Crippen LogP contribution is -2.56. The Bertz CT molecular complexity index is 1070. The molecule has 0 aromatic heterocycles. The molecule has 5 rings (SSSR count). The molecule has 0 aliphatic carbocycles. The van der Waals surface area contributed by atoms with Gasteiger partial charge in [-0.05, 0) is 73.5 Å². The van der Waals surface area contributed by atoms with Crippen molar-refractivity contribution in [3.05, 3.63) is 90.5 Å². The van der Waals surface area contributed by atoms with Crippen LogP contribution in [0.5, 0.6) is 0 Å². The number of hydrogen-bond acceptors (Lipinski definition) is 4. The van der Waals surface area contributed by atoms with E-state index >= 15 is 0 Å². The lowest BCUT2D eigenvalue weighted by molar-refractivity contribution is -0.125. The summed E-state index contributed by atoms with van der Waals surface area (Å²) in [5.74, 6) is -0.473. The van der Waals surface area contributed by atoms with Crippen LogP contribution in [0.15, 0.2) is 78.9 Å². The topological polar surface area (TPSA) is 38.8 Å². The Morgan fingerprint density at radius 3 is 1.94 bits per heavy atom. The van der Waals surface area contributed by atoms with Crippen LogP contribution in [0.2, 0.25) is 0 Å². The van der Waals surface area contributed by atoms with Crippen molar-refractivity contribution in [2.45, 2.75) is 18.4 Å². The number of halogens is 2. The fourth-order valence-electron chi connectivity index (χ4n) is 5.07. The van der Waals surface area contributed by atoms with E-state index in [4.69, 9.17) is 0 Å². The summed E-state index contributed by atoms with van der Waals surface area (Å²) in [5, 5.41) is 3.04.